The normalized spacial score (nSPS) is 11.2. The van der Waals surface area contributed by atoms with E-state index < -0.39 is 0 Å². The SMILES string of the molecule is CCN=C(NN)Nc1cncc(C)c1. The number of aliphatic imine (C=N–C) groups is 1. The molecule has 0 aromatic carbocycles. The zero-order valence-corrected chi connectivity index (χ0v) is 8.41. The molecule has 14 heavy (non-hydrogen) atoms. The first kappa shape index (κ1) is 10.5. The summed E-state index contributed by atoms with van der Waals surface area (Å²) in [5.41, 5.74) is 4.44. The molecule has 0 spiro atoms. The molecule has 1 aromatic rings. The fourth-order valence-corrected chi connectivity index (χ4v) is 1.04. The van der Waals surface area contributed by atoms with Crippen LogP contribution in [-0.4, -0.2) is 17.5 Å². The van der Waals surface area contributed by atoms with Crippen molar-refractivity contribution in [3.63, 3.8) is 0 Å². The Morgan fingerprint density at radius 1 is 1.57 bits per heavy atom. The van der Waals surface area contributed by atoms with Crippen LogP contribution in [0, 0.1) is 6.92 Å². The Labute approximate surface area is 83.4 Å². The number of hydrazine groups is 1. The van der Waals surface area contributed by atoms with Crippen LogP contribution in [0.5, 0.6) is 0 Å². The van der Waals surface area contributed by atoms with Crippen molar-refractivity contribution in [2.75, 3.05) is 11.9 Å². The van der Waals surface area contributed by atoms with Gasteiger partial charge in [0, 0.05) is 12.7 Å². The van der Waals surface area contributed by atoms with Crippen LogP contribution in [0.1, 0.15) is 12.5 Å². The Balaban J connectivity index is 2.72. The average Bonchev–Trinajstić information content (AvgIpc) is 2.17. The van der Waals surface area contributed by atoms with Gasteiger partial charge in [-0.25, -0.2) is 5.84 Å². The van der Waals surface area contributed by atoms with E-state index in [0.29, 0.717) is 12.5 Å². The number of hydrogen-bond donors (Lipinski definition) is 3. The number of nitrogens with zero attached hydrogens (tertiary/aromatic N) is 2. The van der Waals surface area contributed by atoms with Crippen molar-refractivity contribution in [3.8, 4) is 0 Å². The van der Waals surface area contributed by atoms with E-state index in [4.69, 9.17) is 5.84 Å². The van der Waals surface area contributed by atoms with Gasteiger partial charge in [0.05, 0.1) is 11.9 Å². The van der Waals surface area contributed by atoms with Crippen LogP contribution < -0.4 is 16.6 Å². The fourth-order valence-electron chi connectivity index (χ4n) is 1.04. The second-order valence-electron chi connectivity index (χ2n) is 2.84. The van der Waals surface area contributed by atoms with Gasteiger partial charge < -0.3 is 5.32 Å². The maximum Gasteiger partial charge on any atom is 0.210 e. The molecule has 1 heterocycles. The molecule has 0 saturated carbocycles. The molecule has 0 unspecified atom stereocenters. The van der Waals surface area contributed by atoms with E-state index in [2.05, 4.69) is 20.7 Å². The predicted molar refractivity (Wildman–Crippen MR) is 57.9 cm³/mol. The summed E-state index contributed by atoms with van der Waals surface area (Å²) in [6.07, 6.45) is 3.51. The number of pyridine rings is 1. The molecule has 0 aliphatic carbocycles. The van der Waals surface area contributed by atoms with E-state index in [1.54, 1.807) is 12.4 Å². The van der Waals surface area contributed by atoms with Gasteiger partial charge in [0.2, 0.25) is 5.96 Å². The molecule has 76 valence electrons. The molecule has 0 saturated heterocycles. The molecule has 5 nitrogen and oxygen atoms in total. The lowest BCUT2D eigenvalue weighted by Gasteiger charge is -2.08. The van der Waals surface area contributed by atoms with Gasteiger partial charge in [0.15, 0.2) is 0 Å². The maximum absolute atomic E-state index is 5.28. The largest absolute Gasteiger partial charge is 0.324 e. The Hall–Kier alpha value is -1.62. The van der Waals surface area contributed by atoms with Crippen molar-refractivity contribution in [1.82, 2.24) is 10.4 Å². The summed E-state index contributed by atoms with van der Waals surface area (Å²) in [6.45, 7) is 4.59. The molecule has 0 fully saturated rings. The quantitative estimate of drug-likeness (QED) is 0.279. The summed E-state index contributed by atoms with van der Waals surface area (Å²) in [5.74, 6) is 5.82. The number of nitrogens with two attached hydrogens (primary N) is 1. The summed E-state index contributed by atoms with van der Waals surface area (Å²) in [5, 5.41) is 3.02. The lowest BCUT2D eigenvalue weighted by Crippen LogP contribution is -2.36. The van der Waals surface area contributed by atoms with Crippen LogP contribution in [0.15, 0.2) is 23.5 Å². The van der Waals surface area contributed by atoms with Gasteiger partial charge in [-0.05, 0) is 25.5 Å². The van der Waals surface area contributed by atoms with E-state index in [1.165, 1.54) is 0 Å². The zero-order chi connectivity index (χ0) is 10.4. The summed E-state index contributed by atoms with van der Waals surface area (Å²) >= 11 is 0. The summed E-state index contributed by atoms with van der Waals surface area (Å²) in [7, 11) is 0. The third-order valence-corrected chi connectivity index (χ3v) is 1.59. The van der Waals surface area contributed by atoms with Crippen molar-refractivity contribution in [2.24, 2.45) is 10.8 Å². The Morgan fingerprint density at radius 2 is 2.36 bits per heavy atom. The van der Waals surface area contributed by atoms with Crippen LogP contribution in [0.4, 0.5) is 5.69 Å². The van der Waals surface area contributed by atoms with Crippen LogP contribution >= 0.6 is 0 Å². The first-order chi connectivity index (χ1) is 6.76. The van der Waals surface area contributed by atoms with Crippen LogP contribution in [0.3, 0.4) is 0 Å². The summed E-state index contributed by atoms with van der Waals surface area (Å²) in [6, 6.07) is 1.97. The minimum atomic E-state index is 0.542. The molecule has 0 aliphatic rings. The molecule has 0 aliphatic heterocycles. The zero-order valence-electron chi connectivity index (χ0n) is 8.41. The molecule has 0 bridgehead atoms. The van der Waals surface area contributed by atoms with Crippen LogP contribution in [0.2, 0.25) is 0 Å². The summed E-state index contributed by atoms with van der Waals surface area (Å²) < 4.78 is 0. The average molecular weight is 193 g/mol. The van der Waals surface area contributed by atoms with Crippen molar-refractivity contribution >= 4 is 11.6 Å². The third-order valence-electron chi connectivity index (χ3n) is 1.59. The van der Waals surface area contributed by atoms with Gasteiger partial charge in [0.1, 0.15) is 0 Å². The number of rotatable bonds is 2. The maximum atomic E-state index is 5.28. The van der Waals surface area contributed by atoms with E-state index in [-0.39, 0.29) is 0 Å². The van der Waals surface area contributed by atoms with Gasteiger partial charge in [0.25, 0.3) is 0 Å². The second kappa shape index (κ2) is 5.18. The highest BCUT2D eigenvalue weighted by atomic mass is 15.3. The Kier molecular flexibility index (Phi) is 3.87. The lowest BCUT2D eigenvalue weighted by molar-refractivity contribution is 0.985. The Bertz CT molecular complexity index is 321. The molecular weight excluding hydrogens is 178 g/mol. The van der Waals surface area contributed by atoms with E-state index in [1.807, 2.05) is 19.9 Å². The van der Waals surface area contributed by atoms with Crippen molar-refractivity contribution in [3.05, 3.63) is 24.0 Å². The fraction of sp³-hybridized carbons (Fsp3) is 0.333. The second-order valence-corrected chi connectivity index (χ2v) is 2.84. The van der Waals surface area contributed by atoms with Gasteiger partial charge in [-0.3, -0.25) is 15.4 Å². The topological polar surface area (TPSA) is 75.3 Å². The minimum absolute atomic E-state index is 0.542. The molecule has 0 amide bonds. The third kappa shape index (κ3) is 3.02. The lowest BCUT2D eigenvalue weighted by atomic mass is 10.3. The predicted octanol–water partition coefficient (Wildman–Crippen LogP) is 0.641. The molecule has 5 heteroatoms. The number of aromatic nitrogens is 1. The minimum Gasteiger partial charge on any atom is -0.324 e. The number of nitrogens with one attached hydrogen (secondary N) is 2. The number of hydrogen-bond acceptors (Lipinski definition) is 3. The van der Waals surface area contributed by atoms with E-state index in [9.17, 15) is 0 Å². The highest BCUT2D eigenvalue weighted by Gasteiger charge is 1.97. The van der Waals surface area contributed by atoms with Gasteiger partial charge in [-0.2, -0.15) is 0 Å². The number of guanidine groups is 1. The van der Waals surface area contributed by atoms with Crippen molar-refractivity contribution in [2.45, 2.75) is 13.8 Å². The van der Waals surface area contributed by atoms with Crippen LogP contribution in [0.25, 0.3) is 0 Å². The van der Waals surface area contributed by atoms with E-state index in [0.717, 1.165) is 11.3 Å². The Morgan fingerprint density at radius 3 is 2.93 bits per heavy atom. The molecule has 0 radical (unpaired) electrons. The van der Waals surface area contributed by atoms with Crippen molar-refractivity contribution in [1.29, 1.82) is 0 Å². The molecule has 1 rings (SSSR count). The standard InChI is InChI=1S/C9H15N5/c1-3-12-9(14-10)13-8-4-7(2)5-11-6-8/h4-6H,3,10H2,1-2H3,(H2,12,13,14). The molecular formula is C9H15N5. The summed E-state index contributed by atoms with van der Waals surface area (Å²) in [4.78, 5) is 8.15. The molecule has 0 atom stereocenters. The first-order valence-corrected chi connectivity index (χ1v) is 4.46. The first-order valence-electron chi connectivity index (χ1n) is 4.46. The van der Waals surface area contributed by atoms with Gasteiger partial charge in [-0.1, -0.05) is 0 Å². The van der Waals surface area contributed by atoms with E-state index >= 15 is 0 Å². The molecule has 1 aromatic heterocycles. The van der Waals surface area contributed by atoms with Crippen molar-refractivity contribution < 1.29 is 0 Å². The monoisotopic (exact) mass is 193 g/mol. The van der Waals surface area contributed by atoms with Gasteiger partial charge >= 0.3 is 0 Å². The number of aryl methyl sites for hydroxylation is 1. The highest BCUT2D eigenvalue weighted by molar-refractivity contribution is 5.93. The highest BCUT2D eigenvalue weighted by Crippen LogP contribution is 2.06. The number of anilines is 1. The van der Waals surface area contributed by atoms with Crippen LogP contribution in [-0.2, 0) is 0 Å². The van der Waals surface area contributed by atoms with Gasteiger partial charge in [-0.15, -0.1) is 0 Å². The molecule has 4 N–H and O–H groups in total. The smallest absolute Gasteiger partial charge is 0.210 e.